The molecule has 3 aromatic rings. The topological polar surface area (TPSA) is 38.0 Å². The number of hydrogen-bond acceptors (Lipinski definition) is 2. The highest BCUT2D eigenvalue weighted by molar-refractivity contribution is 5.74. The summed E-state index contributed by atoms with van der Waals surface area (Å²) in [5, 5.41) is 3.38. The Hall–Kier alpha value is -2.42. The van der Waals surface area contributed by atoms with Crippen molar-refractivity contribution in [2.45, 2.75) is 6.54 Å². The van der Waals surface area contributed by atoms with E-state index >= 15 is 0 Å². The number of nitrogens with one attached hydrogen (secondary N) is 1. The molecule has 0 unspecified atom stereocenters. The van der Waals surface area contributed by atoms with Crippen LogP contribution in [-0.2, 0) is 6.54 Å². The summed E-state index contributed by atoms with van der Waals surface area (Å²) in [7, 11) is 0. The molecule has 2 heteroatoms. The van der Waals surface area contributed by atoms with E-state index < -0.39 is 0 Å². The maximum Gasteiger partial charge on any atom is 0.0206 e. The monoisotopic (exact) mass is 302 g/mol. The van der Waals surface area contributed by atoms with Crippen LogP contribution in [0.25, 0.3) is 22.3 Å². The van der Waals surface area contributed by atoms with Crippen molar-refractivity contribution in [2.75, 3.05) is 13.1 Å². The van der Waals surface area contributed by atoms with Crippen LogP contribution in [0.5, 0.6) is 0 Å². The highest BCUT2D eigenvalue weighted by Crippen LogP contribution is 2.28. The number of hydrogen-bond donors (Lipinski definition) is 2. The first kappa shape index (κ1) is 15.5. The zero-order valence-electron chi connectivity index (χ0n) is 13.2. The lowest BCUT2D eigenvalue weighted by Gasteiger charge is -2.11. The average Bonchev–Trinajstić information content (AvgIpc) is 2.63. The van der Waals surface area contributed by atoms with Gasteiger partial charge in [0.05, 0.1) is 0 Å². The molecule has 3 aromatic carbocycles. The van der Waals surface area contributed by atoms with Gasteiger partial charge in [0.15, 0.2) is 0 Å². The minimum Gasteiger partial charge on any atom is -0.329 e. The van der Waals surface area contributed by atoms with Crippen molar-refractivity contribution in [3.63, 3.8) is 0 Å². The molecule has 0 spiro atoms. The fourth-order valence-corrected chi connectivity index (χ4v) is 2.72. The van der Waals surface area contributed by atoms with Crippen LogP contribution in [0.2, 0.25) is 0 Å². The van der Waals surface area contributed by atoms with Gasteiger partial charge in [0.2, 0.25) is 0 Å². The van der Waals surface area contributed by atoms with E-state index in [2.05, 4.69) is 72.0 Å². The Bertz CT molecular complexity index is 679. The largest absolute Gasteiger partial charge is 0.329 e. The zero-order chi connectivity index (χ0) is 15.9. The lowest BCUT2D eigenvalue weighted by Crippen LogP contribution is -2.21. The Labute approximate surface area is 138 Å². The second-order valence-electron chi connectivity index (χ2n) is 5.62. The van der Waals surface area contributed by atoms with Crippen LogP contribution in [0, 0.1) is 0 Å². The summed E-state index contributed by atoms with van der Waals surface area (Å²) >= 11 is 0. The van der Waals surface area contributed by atoms with Gasteiger partial charge in [-0.05, 0) is 46.0 Å². The van der Waals surface area contributed by atoms with Crippen molar-refractivity contribution < 1.29 is 0 Å². The maximum atomic E-state index is 5.57. The summed E-state index contributed by atoms with van der Waals surface area (Å²) in [4.78, 5) is 0. The molecule has 0 aliphatic heterocycles. The van der Waals surface area contributed by atoms with Crippen molar-refractivity contribution in [1.29, 1.82) is 0 Å². The number of rotatable bonds is 6. The minimum atomic E-state index is 0.657. The second-order valence-corrected chi connectivity index (χ2v) is 5.62. The minimum absolute atomic E-state index is 0.657. The van der Waals surface area contributed by atoms with Gasteiger partial charge in [0.25, 0.3) is 0 Å². The third-order valence-electron chi connectivity index (χ3n) is 3.86. The zero-order valence-corrected chi connectivity index (χ0v) is 13.2. The Morgan fingerprint density at radius 1 is 0.652 bits per heavy atom. The van der Waals surface area contributed by atoms with Gasteiger partial charge in [-0.2, -0.15) is 0 Å². The summed E-state index contributed by atoms with van der Waals surface area (Å²) in [6.07, 6.45) is 0. The number of benzene rings is 3. The third-order valence-corrected chi connectivity index (χ3v) is 3.86. The summed E-state index contributed by atoms with van der Waals surface area (Å²) in [6.45, 7) is 2.32. The maximum absolute atomic E-state index is 5.57. The van der Waals surface area contributed by atoms with Gasteiger partial charge in [-0.25, -0.2) is 0 Å². The van der Waals surface area contributed by atoms with E-state index in [4.69, 9.17) is 5.73 Å². The van der Waals surface area contributed by atoms with Crippen molar-refractivity contribution in [3.05, 3.63) is 84.4 Å². The Morgan fingerprint density at radius 3 is 1.65 bits per heavy atom. The molecule has 23 heavy (non-hydrogen) atoms. The number of nitrogens with two attached hydrogens (primary N) is 1. The molecule has 3 rings (SSSR count). The van der Waals surface area contributed by atoms with Crippen molar-refractivity contribution in [3.8, 4) is 22.3 Å². The van der Waals surface area contributed by atoms with Crippen molar-refractivity contribution in [2.24, 2.45) is 5.73 Å². The average molecular weight is 302 g/mol. The predicted molar refractivity (Wildman–Crippen MR) is 98.1 cm³/mol. The van der Waals surface area contributed by atoms with Gasteiger partial charge >= 0.3 is 0 Å². The molecule has 0 fully saturated rings. The normalized spacial score (nSPS) is 10.7. The van der Waals surface area contributed by atoms with Crippen LogP contribution in [0.15, 0.2) is 78.9 Å². The van der Waals surface area contributed by atoms with Crippen molar-refractivity contribution in [1.82, 2.24) is 5.32 Å². The molecule has 2 nitrogen and oxygen atoms in total. The van der Waals surface area contributed by atoms with Crippen LogP contribution >= 0.6 is 0 Å². The Kier molecular flexibility index (Phi) is 5.20. The highest BCUT2D eigenvalue weighted by atomic mass is 14.9. The lowest BCUT2D eigenvalue weighted by molar-refractivity contribution is 0.695. The first-order valence-electron chi connectivity index (χ1n) is 8.02. The van der Waals surface area contributed by atoms with E-state index in [0.29, 0.717) is 6.54 Å². The summed E-state index contributed by atoms with van der Waals surface area (Å²) in [5.41, 5.74) is 11.8. The molecule has 0 aliphatic rings. The van der Waals surface area contributed by atoms with E-state index in [1.54, 1.807) is 0 Å². The van der Waals surface area contributed by atoms with Crippen molar-refractivity contribution >= 4 is 0 Å². The van der Waals surface area contributed by atoms with E-state index in [-0.39, 0.29) is 0 Å². The van der Waals surface area contributed by atoms with Crippen LogP contribution < -0.4 is 11.1 Å². The summed E-state index contributed by atoms with van der Waals surface area (Å²) in [5.74, 6) is 0. The van der Waals surface area contributed by atoms with Gasteiger partial charge in [0.1, 0.15) is 0 Å². The molecular formula is C21H22N2. The Balaban J connectivity index is 2.00. The first-order chi connectivity index (χ1) is 11.4. The quantitative estimate of drug-likeness (QED) is 0.674. The highest BCUT2D eigenvalue weighted by Gasteiger charge is 2.05. The van der Waals surface area contributed by atoms with E-state index in [1.165, 1.54) is 27.8 Å². The summed E-state index contributed by atoms with van der Waals surface area (Å²) < 4.78 is 0. The molecule has 0 heterocycles. The van der Waals surface area contributed by atoms with Gasteiger partial charge in [0, 0.05) is 19.6 Å². The molecule has 0 radical (unpaired) electrons. The molecule has 0 bridgehead atoms. The fraction of sp³-hybridized carbons (Fsp3) is 0.143. The standard InChI is InChI=1S/C21H22N2/c22-11-12-23-16-17-13-20(18-7-3-1-4-8-18)15-21(14-17)19-9-5-2-6-10-19/h1-10,13-15,23H,11-12,16,22H2. The fourth-order valence-electron chi connectivity index (χ4n) is 2.72. The van der Waals surface area contributed by atoms with Gasteiger partial charge in [-0.1, -0.05) is 60.7 Å². The Morgan fingerprint density at radius 2 is 1.17 bits per heavy atom. The molecular weight excluding hydrogens is 280 g/mol. The lowest BCUT2D eigenvalue weighted by atomic mass is 9.96. The van der Waals surface area contributed by atoms with Crippen LogP contribution in [0.1, 0.15) is 5.56 Å². The van der Waals surface area contributed by atoms with E-state index in [1.807, 2.05) is 12.1 Å². The molecule has 3 N–H and O–H groups in total. The van der Waals surface area contributed by atoms with Crippen LogP contribution in [0.3, 0.4) is 0 Å². The smallest absolute Gasteiger partial charge is 0.0206 e. The van der Waals surface area contributed by atoms with Crippen LogP contribution in [-0.4, -0.2) is 13.1 Å². The van der Waals surface area contributed by atoms with Gasteiger partial charge < -0.3 is 11.1 Å². The molecule has 116 valence electrons. The first-order valence-corrected chi connectivity index (χ1v) is 8.02. The molecule has 0 aliphatic carbocycles. The molecule has 0 amide bonds. The van der Waals surface area contributed by atoms with E-state index in [9.17, 15) is 0 Å². The predicted octanol–water partition coefficient (Wildman–Crippen LogP) is 4.07. The summed E-state index contributed by atoms with van der Waals surface area (Å²) in [6, 6.07) is 27.8. The molecule has 0 saturated heterocycles. The van der Waals surface area contributed by atoms with E-state index in [0.717, 1.165) is 13.1 Å². The molecule has 0 atom stereocenters. The molecule has 0 aromatic heterocycles. The van der Waals surface area contributed by atoms with Crippen LogP contribution in [0.4, 0.5) is 0 Å². The van der Waals surface area contributed by atoms with Gasteiger partial charge in [-0.3, -0.25) is 0 Å². The molecule has 0 saturated carbocycles. The van der Waals surface area contributed by atoms with Gasteiger partial charge in [-0.15, -0.1) is 0 Å². The third kappa shape index (κ3) is 4.07. The second kappa shape index (κ2) is 7.73. The SMILES string of the molecule is NCCNCc1cc(-c2ccccc2)cc(-c2ccccc2)c1.